The van der Waals surface area contributed by atoms with Gasteiger partial charge in [0.25, 0.3) is 0 Å². The fourth-order valence-electron chi connectivity index (χ4n) is 3.03. The Kier molecular flexibility index (Phi) is 11.4. The van der Waals surface area contributed by atoms with E-state index in [1.165, 1.54) is 0 Å². The second-order valence-electron chi connectivity index (χ2n) is 6.22. The molecule has 0 aliphatic rings. The summed E-state index contributed by atoms with van der Waals surface area (Å²) >= 11 is 0. The molecule has 0 saturated heterocycles. The predicted octanol–water partition coefficient (Wildman–Crippen LogP) is 3.60. The maximum atomic E-state index is 7.60. The number of nitrogens with zero attached hydrogens (tertiary/aromatic N) is 3. The van der Waals surface area contributed by atoms with Crippen LogP contribution >= 0.6 is 0 Å². The number of hydrogen-bond acceptors (Lipinski definition) is 9. The molecule has 0 aliphatic carbocycles. The van der Waals surface area contributed by atoms with Crippen LogP contribution in [-0.2, 0) is 0 Å². The van der Waals surface area contributed by atoms with Gasteiger partial charge in [-0.1, -0.05) is 13.3 Å². The monoisotopic (exact) mass is 341 g/mol. The van der Waals surface area contributed by atoms with Gasteiger partial charge in [-0.05, 0) is 66.1 Å². The molecule has 9 heteroatoms. The highest BCUT2D eigenvalue weighted by Gasteiger charge is 2.31. The third-order valence-electron chi connectivity index (χ3n) is 4.76. The topological polar surface area (TPSA) is 145 Å². The van der Waals surface area contributed by atoms with Crippen molar-refractivity contribution < 1.29 is 0 Å². The molecule has 0 aromatic carbocycles. The van der Waals surface area contributed by atoms with Gasteiger partial charge in [0.15, 0.2) is 0 Å². The van der Waals surface area contributed by atoms with Gasteiger partial charge in [-0.25, -0.2) is 16.6 Å². The maximum Gasteiger partial charge on any atom is 0.131 e. The molecule has 0 fully saturated rings. The third-order valence-corrected chi connectivity index (χ3v) is 4.76. The van der Waals surface area contributed by atoms with E-state index in [1.54, 1.807) is 7.05 Å². The lowest BCUT2D eigenvalue weighted by Crippen LogP contribution is -2.43. The smallest absolute Gasteiger partial charge is 0.131 e. The van der Waals surface area contributed by atoms with E-state index in [0.29, 0.717) is 0 Å². The molecule has 140 valence electrons. The summed E-state index contributed by atoms with van der Waals surface area (Å²) in [6.45, 7) is 2.09. The number of hydrogen-bond donors (Lipinski definition) is 6. The Labute approximate surface area is 145 Å². The maximum absolute atomic E-state index is 7.60. The zero-order chi connectivity index (χ0) is 18.5. The zero-order valence-electron chi connectivity index (χ0n) is 15.6. The molecule has 24 heavy (non-hydrogen) atoms. The summed E-state index contributed by atoms with van der Waals surface area (Å²) in [6.07, 6.45) is 6.21. The van der Waals surface area contributed by atoms with E-state index < -0.39 is 11.3 Å². The molecule has 0 bridgehead atoms. The van der Waals surface area contributed by atoms with Crippen LogP contribution in [0.15, 0.2) is 15.3 Å². The van der Waals surface area contributed by atoms with Crippen molar-refractivity contribution in [3.05, 3.63) is 0 Å². The SMILES string of the molecule is CCCC(CCCC(CCCC(N=N)NC)(N=N)NC)(N=N)NC. The van der Waals surface area contributed by atoms with Gasteiger partial charge in [-0.3, -0.25) is 16.0 Å². The third kappa shape index (κ3) is 7.06. The van der Waals surface area contributed by atoms with E-state index in [1.807, 2.05) is 14.1 Å². The van der Waals surface area contributed by atoms with E-state index in [4.69, 9.17) is 16.6 Å². The molecule has 0 aromatic heterocycles. The Morgan fingerprint density at radius 1 is 0.833 bits per heavy atom. The second-order valence-corrected chi connectivity index (χ2v) is 6.22. The lowest BCUT2D eigenvalue weighted by Gasteiger charge is -2.31. The standard InChI is InChI=1S/C15H35N9/c1-5-9-14(20-3,23-17)11-7-12-15(21-4,24-18)10-6-8-13(19-2)22-16/h13,16-21H,5-12H2,1-4H3. The first-order chi connectivity index (χ1) is 11.5. The molecule has 0 amide bonds. The molecule has 6 N–H and O–H groups in total. The van der Waals surface area contributed by atoms with Crippen molar-refractivity contribution in [2.75, 3.05) is 21.1 Å². The Hall–Kier alpha value is -1.32. The normalized spacial score (nSPS) is 17.5. The van der Waals surface area contributed by atoms with Crippen molar-refractivity contribution >= 4 is 0 Å². The van der Waals surface area contributed by atoms with E-state index >= 15 is 0 Å². The van der Waals surface area contributed by atoms with Crippen molar-refractivity contribution in [3.63, 3.8) is 0 Å². The molecule has 0 aliphatic heterocycles. The zero-order valence-corrected chi connectivity index (χ0v) is 15.6. The molecular weight excluding hydrogens is 306 g/mol. The minimum atomic E-state index is -0.589. The molecule has 0 rings (SSSR count). The molecule has 9 nitrogen and oxygen atoms in total. The summed E-state index contributed by atoms with van der Waals surface area (Å²) in [6, 6.07) is 0. The van der Waals surface area contributed by atoms with Gasteiger partial charge < -0.3 is 0 Å². The average molecular weight is 342 g/mol. The molecule has 3 atom stereocenters. The first-order valence-electron chi connectivity index (χ1n) is 8.69. The average Bonchev–Trinajstić information content (AvgIpc) is 2.63. The Morgan fingerprint density at radius 2 is 1.33 bits per heavy atom. The second kappa shape index (κ2) is 12.1. The molecule has 0 spiro atoms. The van der Waals surface area contributed by atoms with Crippen LogP contribution in [0, 0.1) is 16.6 Å². The summed E-state index contributed by atoms with van der Waals surface area (Å²) in [5.41, 5.74) is 21.1. The van der Waals surface area contributed by atoms with E-state index in [2.05, 4.69) is 38.2 Å². The van der Waals surface area contributed by atoms with Crippen LogP contribution in [0.5, 0.6) is 0 Å². The summed E-state index contributed by atoms with van der Waals surface area (Å²) < 4.78 is 0. The first-order valence-corrected chi connectivity index (χ1v) is 8.69. The van der Waals surface area contributed by atoms with Gasteiger partial charge in [0.1, 0.15) is 17.5 Å². The van der Waals surface area contributed by atoms with Gasteiger partial charge in [0, 0.05) is 0 Å². The van der Waals surface area contributed by atoms with Gasteiger partial charge in [-0.2, -0.15) is 15.3 Å². The van der Waals surface area contributed by atoms with Crippen LogP contribution in [0.2, 0.25) is 0 Å². The molecular formula is C15H35N9. The fraction of sp³-hybridized carbons (Fsp3) is 1.00. The van der Waals surface area contributed by atoms with E-state index in [0.717, 1.165) is 51.4 Å². The van der Waals surface area contributed by atoms with Crippen molar-refractivity contribution in [1.82, 2.24) is 16.0 Å². The van der Waals surface area contributed by atoms with Crippen LogP contribution in [0.25, 0.3) is 0 Å². The summed E-state index contributed by atoms with van der Waals surface area (Å²) in [5.74, 6) is 0. The van der Waals surface area contributed by atoms with Crippen LogP contribution < -0.4 is 16.0 Å². The fourth-order valence-corrected chi connectivity index (χ4v) is 3.03. The lowest BCUT2D eigenvalue weighted by molar-refractivity contribution is 0.235. The highest BCUT2D eigenvalue weighted by Crippen LogP contribution is 2.27. The molecule has 0 saturated carbocycles. The van der Waals surface area contributed by atoms with Gasteiger partial charge in [0.2, 0.25) is 0 Å². The quantitative estimate of drug-likeness (QED) is 0.238. The summed E-state index contributed by atoms with van der Waals surface area (Å²) in [4.78, 5) is 0. The summed E-state index contributed by atoms with van der Waals surface area (Å²) in [7, 11) is 5.46. The largest absolute Gasteiger partial charge is 0.297 e. The molecule has 0 radical (unpaired) electrons. The predicted molar refractivity (Wildman–Crippen MR) is 94.5 cm³/mol. The van der Waals surface area contributed by atoms with Crippen LogP contribution in [0.4, 0.5) is 0 Å². The van der Waals surface area contributed by atoms with Crippen LogP contribution in [0.1, 0.15) is 58.3 Å². The van der Waals surface area contributed by atoms with Crippen LogP contribution in [0.3, 0.4) is 0 Å². The molecule has 0 heterocycles. The lowest BCUT2D eigenvalue weighted by atomic mass is 9.91. The van der Waals surface area contributed by atoms with Crippen LogP contribution in [-0.4, -0.2) is 38.6 Å². The van der Waals surface area contributed by atoms with Gasteiger partial charge >= 0.3 is 0 Å². The van der Waals surface area contributed by atoms with Crippen molar-refractivity contribution in [1.29, 1.82) is 16.6 Å². The van der Waals surface area contributed by atoms with E-state index in [-0.39, 0.29) is 6.17 Å². The van der Waals surface area contributed by atoms with Crippen molar-refractivity contribution in [3.8, 4) is 0 Å². The Morgan fingerprint density at radius 3 is 1.71 bits per heavy atom. The Balaban J connectivity index is 4.62. The van der Waals surface area contributed by atoms with Crippen molar-refractivity contribution in [2.45, 2.75) is 75.8 Å². The minimum absolute atomic E-state index is 0.172. The molecule has 0 aromatic rings. The number of rotatable bonds is 16. The highest BCUT2D eigenvalue weighted by molar-refractivity contribution is 4.86. The molecule has 3 unspecified atom stereocenters. The Bertz CT molecular complexity index is 376. The first kappa shape index (κ1) is 22.7. The minimum Gasteiger partial charge on any atom is -0.297 e. The summed E-state index contributed by atoms with van der Waals surface area (Å²) in [5, 5.41) is 20.5. The van der Waals surface area contributed by atoms with Crippen molar-refractivity contribution in [2.24, 2.45) is 15.3 Å². The van der Waals surface area contributed by atoms with E-state index in [9.17, 15) is 0 Å². The van der Waals surface area contributed by atoms with Gasteiger partial charge in [0.05, 0.1) is 0 Å². The highest BCUT2D eigenvalue weighted by atomic mass is 15.2. The van der Waals surface area contributed by atoms with Gasteiger partial charge in [-0.15, -0.1) is 0 Å². The number of nitrogens with one attached hydrogen (secondary N) is 6.